The molecule has 0 atom stereocenters. The van der Waals surface area contributed by atoms with E-state index < -0.39 is 0 Å². The van der Waals surface area contributed by atoms with Gasteiger partial charge in [0, 0.05) is 11.4 Å². The highest BCUT2D eigenvalue weighted by atomic mass is 32.1. The Bertz CT molecular complexity index is 435. The molecule has 4 nitrogen and oxygen atoms in total. The van der Waals surface area contributed by atoms with Crippen molar-refractivity contribution in [2.45, 2.75) is 32.6 Å². The minimum atomic E-state index is 0.000000000000000222. The Morgan fingerprint density at radius 2 is 1.88 bits per heavy atom. The van der Waals surface area contributed by atoms with Crippen LogP contribution in [-0.4, -0.2) is 15.1 Å². The summed E-state index contributed by atoms with van der Waals surface area (Å²) >= 11 is 9.11. The van der Waals surface area contributed by atoms with Crippen LogP contribution in [0.1, 0.15) is 29.8 Å². The van der Waals surface area contributed by atoms with Gasteiger partial charge < -0.3 is 16.5 Å². The van der Waals surface area contributed by atoms with Gasteiger partial charge in [0.15, 0.2) is 9.88 Å². The molecule has 2 rings (SSSR count). The van der Waals surface area contributed by atoms with Crippen molar-refractivity contribution in [2.75, 3.05) is 0 Å². The molecule has 88 valence electrons. The van der Waals surface area contributed by atoms with Crippen LogP contribution in [0.5, 0.6) is 0 Å². The normalized spacial score (nSPS) is 13.3. The number of nitrogens with zero attached hydrogens (tertiary/aromatic N) is 1. The van der Waals surface area contributed by atoms with Crippen molar-refractivity contribution >= 4 is 29.5 Å². The van der Waals surface area contributed by atoms with Crippen molar-refractivity contribution in [3.63, 3.8) is 0 Å². The van der Waals surface area contributed by atoms with Crippen LogP contribution in [0.2, 0.25) is 0 Å². The minimum Gasteiger partial charge on any atom is -0.377 e. The number of H-pyrrole nitrogens is 1. The third-order valence-electron chi connectivity index (χ3n) is 2.42. The molecule has 6 heteroatoms. The van der Waals surface area contributed by atoms with Crippen LogP contribution in [0.3, 0.4) is 0 Å². The summed E-state index contributed by atoms with van der Waals surface area (Å²) in [5, 5.41) is 0.000000000000000222. The Hall–Kier alpha value is -1.01. The second-order valence-corrected chi connectivity index (χ2v) is 4.56. The lowest BCUT2D eigenvalue weighted by Crippen LogP contribution is -2.18. The summed E-state index contributed by atoms with van der Waals surface area (Å²) in [6.45, 7) is 2.08. The van der Waals surface area contributed by atoms with Gasteiger partial charge in [-0.2, -0.15) is 0 Å². The molecule has 0 radical (unpaired) electrons. The molecule has 1 aromatic rings. The number of nitrogens with one attached hydrogen (secondary N) is 1. The zero-order valence-electron chi connectivity index (χ0n) is 9.25. The first kappa shape index (κ1) is 13.1. The number of nitrogens with two attached hydrogens (primary N) is 2. The predicted octanol–water partition coefficient (Wildman–Crippen LogP) is 1.52. The van der Waals surface area contributed by atoms with E-state index >= 15 is 0 Å². The Morgan fingerprint density at radius 1 is 1.31 bits per heavy atom. The first-order valence-electron chi connectivity index (χ1n) is 5.14. The van der Waals surface area contributed by atoms with Gasteiger partial charge in [-0.25, -0.2) is 4.98 Å². The fraction of sp³-hybridized carbons (Fsp3) is 0.500. The number of fused-ring (bicyclic) bond motifs is 1. The monoisotopic (exact) mass is 256 g/mol. The fourth-order valence-electron chi connectivity index (χ4n) is 1.80. The maximum absolute atomic E-state index is 5.02. The smallest absolute Gasteiger partial charge is 0.197 e. The first-order chi connectivity index (χ1) is 7.50. The molecule has 0 spiro atoms. The minimum absolute atomic E-state index is 0.000000000000000222. The third-order valence-corrected chi connectivity index (χ3v) is 2.62. The largest absolute Gasteiger partial charge is 0.377 e. The number of rotatable bonds is 0. The molecule has 1 aliphatic rings. The van der Waals surface area contributed by atoms with Crippen LogP contribution in [0.15, 0.2) is 0 Å². The number of hydrogen-bond donors (Lipinski definition) is 3. The number of aromatic amines is 1. The van der Waals surface area contributed by atoms with Crippen molar-refractivity contribution in [1.29, 1.82) is 0 Å². The maximum atomic E-state index is 5.02. The number of aromatic nitrogens is 2. The second kappa shape index (κ2) is 5.91. The maximum Gasteiger partial charge on any atom is 0.197 e. The van der Waals surface area contributed by atoms with E-state index in [1.54, 1.807) is 0 Å². The zero-order chi connectivity index (χ0) is 12.1. The molecule has 1 aliphatic carbocycles. The standard InChI is InChI=1S/C9H12N2S.CH4N2S/c1-6-7-4-2-3-5-8(7)11-9(12)10-6;2-1(3)4/h2-5H2,1H3,(H,10,11,12);(H4,2,3,4). The lowest BCUT2D eigenvalue weighted by molar-refractivity contribution is 0.654. The summed E-state index contributed by atoms with van der Waals surface area (Å²) in [5.74, 6) is 0. The quantitative estimate of drug-likeness (QED) is 0.613. The molecular weight excluding hydrogens is 240 g/mol. The van der Waals surface area contributed by atoms with Gasteiger partial charge in [0.05, 0.1) is 0 Å². The Labute approximate surface area is 105 Å². The predicted molar refractivity (Wildman–Crippen MR) is 71.8 cm³/mol. The average molecular weight is 256 g/mol. The van der Waals surface area contributed by atoms with Crippen molar-refractivity contribution in [3.05, 3.63) is 21.7 Å². The molecule has 0 aliphatic heterocycles. The van der Waals surface area contributed by atoms with Crippen LogP contribution in [-0.2, 0) is 12.8 Å². The van der Waals surface area contributed by atoms with E-state index in [0.717, 1.165) is 6.42 Å². The van der Waals surface area contributed by atoms with Gasteiger partial charge in [-0.05, 0) is 62.6 Å². The van der Waals surface area contributed by atoms with E-state index in [-0.39, 0.29) is 5.11 Å². The van der Waals surface area contributed by atoms with Gasteiger partial charge >= 0.3 is 0 Å². The van der Waals surface area contributed by atoms with E-state index in [1.807, 2.05) is 0 Å². The van der Waals surface area contributed by atoms with Crippen molar-refractivity contribution in [2.24, 2.45) is 11.5 Å². The van der Waals surface area contributed by atoms with Crippen LogP contribution < -0.4 is 11.5 Å². The average Bonchev–Trinajstić information content (AvgIpc) is 2.16. The lowest BCUT2D eigenvalue weighted by Gasteiger charge is -2.15. The highest BCUT2D eigenvalue weighted by Crippen LogP contribution is 2.20. The summed E-state index contributed by atoms with van der Waals surface area (Å²) in [6.07, 6.45) is 4.83. The zero-order valence-corrected chi connectivity index (χ0v) is 10.9. The molecule has 0 aromatic carbocycles. The van der Waals surface area contributed by atoms with E-state index in [9.17, 15) is 0 Å². The van der Waals surface area contributed by atoms with E-state index in [2.05, 4.69) is 40.6 Å². The Balaban J connectivity index is 0.000000280. The number of hydrogen-bond acceptors (Lipinski definition) is 3. The van der Waals surface area contributed by atoms with Crippen LogP contribution >= 0.6 is 24.4 Å². The van der Waals surface area contributed by atoms with Gasteiger partial charge in [-0.15, -0.1) is 0 Å². The van der Waals surface area contributed by atoms with Crippen LogP contribution in [0, 0.1) is 11.7 Å². The van der Waals surface area contributed by atoms with Crippen molar-refractivity contribution in [1.82, 2.24) is 9.97 Å². The van der Waals surface area contributed by atoms with Gasteiger partial charge in [-0.3, -0.25) is 0 Å². The van der Waals surface area contributed by atoms with Gasteiger partial charge in [0.2, 0.25) is 0 Å². The van der Waals surface area contributed by atoms with Crippen molar-refractivity contribution < 1.29 is 0 Å². The molecule has 1 aromatic heterocycles. The van der Waals surface area contributed by atoms with E-state index in [4.69, 9.17) is 12.2 Å². The summed E-state index contributed by atoms with van der Waals surface area (Å²) in [6, 6.07) is 0. The SMILES string of the molecule is Cc1[nH]c(=S)nc2c1CCCC2.NC(N)=S. The van der Waals surface area contributed by atoms with Gasteiger partial charge in [0.25, 0.3) is 0 Å². The number of aryl methyl sites for hydroxylation is 2. The van der Waals surface area contributed by atoms with E-state index in [1.165, 1.54) is 36.2 Å². The summed E-state index contributed by atoms with van der Waals surface area (Å²) in [7, 11) is 0. The Kier molecular flexibility index (Phi) is 4.82. The van der Waals surface area contributed by atoms with E-state index in [0.29, 0.717) is 4.77 Å². The highest BCUT2D eigenvalue weighted by molar-refractivity contribution is 7.80. The highest BCUT2D eigenvalue weighted by Gasteiger charge is 2.12. The fourth-order valence-corrected chi connectivity index (χ4v) is 2.07. The molecule has 0 amide bonds. The van der Waals surface area contributed by atoms with Crippen LogP contribution in [0.25, 0.3) is 0 Å². The molecule has 5 N–H and O–H groups in total. The second-order valence-electron chi connectivity index (χ2n) is 3.70. The molecule has 0 saturated heterocycles. The Morgan fingerprint density at radius 3 is 2.50 bits per heavy atom. The first-order valence-corrected chi connectivity index (χ1v) is 5.96. The van der Waals surface area contributed by atoms with Crippen molar-refractivity contribution in [3.8, 4) is 0 Å². The third kappa shape index (κ3) is 3.86. The lowest BCUT2D eigenvalue weighted by atomic mass is 9.95. The summed E-state index contributed by atoms with van der Waals surface area (Å²) < 4.78 is 0.633. The molecular formula is C10H16N4S2. The molecule has 0 saturated carbocycles. The van der Waals surface area contributed by atoms with Gasteiger partial charge in [0.1, 0.15) is 0 Å². The molecule has 0 fully saturated rings. The molecule has 0 unspecified atom stereocenters. The van der Waals surface area contributed by atoms with Gasteiger partial charge in [-0.1, -0.05) is 0 Å². The van der Waals surface area contributed by atoms with Crippen LogP contribution in [0.4, 0.5) is 0 Å². The summed E-state index contributed by atoms with van der Waals surface area (Å²) in [4.78, 5) is 7.44. The molecule has 1 heterocycles. The number of thiocarbonyl (C=S) groups is 1. The topological polar surface area (TPSA) is 80.7 Å². The molecule has 0 bridgehead atoms. The molecule has 16 heavy (non-hydrogen) atoms. The summed E-state index contributed by atoms with van der Waals surface area (Å²) in [5.41, 5.74) is 13.1.